The molecule has 0 aliphatic heterocycles. The Hall–Kier alpha value is -2.75. The van der Waals surface area contributed by atoms with Gasteiger partial charge in [-0.2, -0.15) is 0 Å². The smallest absolute Gasteiger partial charge is 0.149 e. The summed E-state index contributed by atoms with van der Waals surface area (Å²) in [7, 11) is 0. The minimum atomic E-state index is 0.00543. The molecule has 156 valence electrons. The van der Waals surface area contributed by atoms with E-state index in [0.29, 0.717) is 5.03 Å². The van der Waals surface area contributed by atoms with Crippen molar-refractivity contribution in [1.82, 2.24) is 4.90 Å². The average Bonchev–Trinajstić information content (AvgIpc) is 2.78. The largest absolute Gasteiger partial charge is 0.508 e. The van der Waals surface area contributed by atoms with Gasteiger partial charge in [0.15, 0.2) is 0 Å². The van der Waals surface area contributed by atoms with Crippen LogP contribution in [0.3, 0.4) is 0 Å². The summed E-state index contributed by atoms with van der Waals surface area (Å²) in [5.74, 6) is 1.04. The van der Waals surface area contributed by atoms with Crippen molar-refractivity contribution in [3.63, 3.8) is 0 Å². The van der Waals surface area contributed by atoms with Crippen molar-refractivity contribution in [2.24, 2.45) is 0 Å². The summed E-state index contributed by atoms with van der Waals surface area (Å²) in [4.78, 5) is 2.25. The summed E-state index contributed by atoms with van der Waals surface area (Å²) in [6.45, 7) is 8.21. The van der Waals surface area contributed by atoms with Crippen LogP contribution in [-0.2, 0) is 0 Å². The molecule has 0 saturated carbocycles. The first kappa shape index (κ1) is 21.9. The predicted molar refractivity (Wildman–Crippen MR) is 126 cm³/mol. The summed E-state index contributed by atoms with van der Waals surface area (Å²) in [6, 6.07) is 25.0. The molecule has 0 fully saturated rings. The molecule has 0 bridgehead atoms. The van der Waals surface area contributed by atoms with E-state index in [1.165, 1.54) is 0 Å². The highest BCUT2D eigenvalue weighted by atomic mass is 35.5. The van der Waals surface area contributed by atoms with Crippen LogP contribution in [0.1, 0.15) is 37.5 Å². The third-order valence-corrected chi connectivity index (χ3v) is 5.59. The Morgan fingerprint density at radius 1 is 0.833 bits per heavy atom. The van der Waals surface area contributed by atoms with Crippen molar-refractivity contribution >= 4 is 22.2 Å². The van der Waals surface area contributed by atoms with Crippen LogP contribution in [0.2, 0.25) is 0 Å². The molecule has 1 unspecified atom stereocenters. The maximum atomic E-state index is 9.70. The monoisotopic (exact) mass is 421 g/mol. The number of phenolic OH excluding ortho intramolecular Hbond substituents is 1. The van der Waals surface area contributed by atoms with Crippen LogP contribution in [0.15, 0.2) is 78.9 Å². The highest BCUT2D eigenvalue weighted by Crippen LogP contribution is 2.36. The molecule has 0 aliphatic rings. The quantitative estimate of drug-likeness (QED) is 0.328. The van der Waals surface area contributed by atoms with E-state index in [-0.39, 0.29) is 12.0 Å². The highest BCUT2D eigenvalue weighted by molar-refractivity contribution is 6.53. The SMILES string of the molecule is CCN(CC)C(C)Oc1ccc(C(=C(Cl)c2ccccc2)c2ccc(O)cc2)cc1. The zero-order valence-corrected chi connectivity index (χ0v) is 18.4. The molecule has 30 heavy (non-hydrogen) atoms. The summed E-state index contributed by atoms with van der Waals surface area (Å²) < 4.78 is 6.10. The first-order valence-corrected chi connectivity index (χ1v) is 10.7. The summed E-state index contributed by atoms with van der Waals surface area (Å²) >= 11 is 6.86. The van der Waals surface area contributed by atoms with E-state index in [0.717, 1.165) is 41.1 Å². The van der Waals surface area contributed by atoms with Crippen molar-refractivity contribution in [2.45, 2.75) is 27.0 Å². The average molecular weight is 422 g/mol. The minimum absolute atomic E-state index is 0.00543. The molecular weight excluding hydrogens is 394 g/mol. The van der Waals surface area contributed by atoms with Crippen LogP contribution in [0.5, 0.6) is 11.5 Å². The van der Waals surface area contributed by atoms with E-state index in [1.807, 2.05) is 66.7 Å². The Bertz CT molecular complexity index is 962. The van der Waals surface area contributed by atoms with E-state index in [4.69, 9.17) is 16.3 Å². The third-order valence-electron chi connectivity index (χ3n) is 5.18. The maximum Gasteiger partial charge on any atom is 0.149 e. The molecule has 0 radical (unpaired) electrons. The lowest BCUT2D eigenvalue weighted by atomic mass is 9.95. The molecule has 0 aliphatic carbocycles. The zero-order valence-electron chi connectivity index (χ0n) is 17.7. The molecule has 0 spiro atoms. The molecule has 1 atom stereocenters. The second-order valence-corrected chi connectivity index (χ2v) is 7.44. The van der Waals surface area contributed by atoms with Gasteiger partial charge in [0.05, 0.1) is 5.03 Å². The van der Waals surface area contributed by atoms with Crippen LogP contribution >= 0.6 is 11.6 Å². The molecule has 3 rings (SSSR count). The van der Waals surface area contributed by atoms with E-state index in [1.54, 1.807) is 12.1 Å². The summed E-state index contributed by atoms with van der Waals surface area (Å²) in [6.07, 6.45) is 0.00543. The van der Waals surface area contributed by atoms with Gasteiger partial charge in [-0.05, 0) is 61.0 Å². The normalized spacial score (nSPS) is 13.1. The number of benzene rings is 3. The third kappa shape index (κ3) is 5.24. The molecule has 4 heteroatoms. The van der Waals surface area contributed by atoms with Gasteiger partial charge in [-0.15, -0.1) is 0 Å². The van der Waals surface area contributed by atoms with Crippen molar-refractivity contribution in [1.29, 1.82) is 0 Å². The van der Waals surface area contributed by atoms with Crippen LogP contribution in [-0.4, -0.2) is 29.3 Å². The lowest BCUT2D eigenvalue weighted by Gasteiger charge is -2.27. The Kier molecular flexibility index (Phi) is 7.56. The highest BCUT2D eigenvalue weighted by Gasteiger charge is 2.15. The summed E-state index contributed by atoms with van der Waals surface area (Å²) in [5.41, 5.74) is 3.77. The lowest BCUT2D eigenvalue weighted by molar-refractivity contribution is 0.0481. The number of ether oxygens (including phenoxy) is 1. The Morgan fingerprint density at radius 2 is 1.37 bits per heavy atom. The fourth-order valence-corrected chi connectivity index (χ4v) is 3.83. The van der Waals surface area contributed by atoms with Gasteiger partial charge in [-0.3, -0.25) is 4.90 Å². The van der Waals surface area contributed by atoms with Crippen LogP contribution in [0.4, 0.5) is 0 Å². The first-order valence-electron chi connectivity index (χ1n) is 10.3. The fraction of sp³-hybridized carbons (Fsp3) is 0.231. The Labute approximate surface area is 184 Å². The number of hydrogen-bond donors (Lipinski definition) is 1. The number of phenols is 1. The summed E-state index contributed by atoms with van der Waals surface area (Å²) in [5, 5.41) is 10.4. The predicted octanol–water partition coefficient (Wildman–Crippen LogP) is 6.61. The molecule has 0 heterocycles. The van der Waals surface area contributed by atoms with Gasteiger partial charge < -0.3 is 9.84 Å². The van der Waals surface area contributed by atoms with Crippen LogP contribution < -0.4 is 4.74 Å². The Morgan fingerprint density at radius 3 is 1.90 bits per heavy atom. The lowest BCUT2D eigenvalue weighted by Crippen LogP contribution is -2.36. The fourth-order valence-electron chi connectivity index (χ4n) is 3.49. The van der Waals surface area contributed by atoms with Gasteiger partial charge in [0.1, 0.15) is 17.7 Å². The number of nitrogens with zero attached hydrogens (tertiary/aromatic N) is 1. The van der Waals surface area contributed by atoms with Crippen LogP contribution in [0.25, 0.3) is 10.6 Å². The number of halogens is 1. The van der Waals surface area contributed by atoms with E-state index in [9.17, 15) is 5.11 Å². The second-order valence-electron chi connectivity index (χ2n) is 7.06. The van der Waals surface area contributed by atoms with Crippen molar-refractivity contribution < 1.29 is 9.84 Å². The standard InChI is InChI=1S/C26H28ClNO2/c1-4-28(5-2)19(3)30-24-17-13-21(14-18-24)25(20-11-15-23(29)16-12-20)26(27)22-9-7-6-8-10-22/h6-19,29H,4-5H2,1-3H3. The van der Waals surface area contributed by atoms with Gasteiger partial charge in [0.25, 0.3) is 0 Å². The molecule has 0 amide bonds. The molecule has 0 aromatic heterocycles. The maximum absolute atomic E-state index is 9.70. The number of rotatable bonds is 8. The molecule has 3 nitrogen and oxygen atoms in total. The first-order chi connectivity index (χ1) is 14.5. The van der Waals surface area contributed by atoms with Crippen molar-refractivity contribution in [3.8, 4) is 11.5 Å². The topological polar surface area (TPSA) is 32.7 Å². The van der Waals surface area contributed by atoms with Crippen molar-refractivity contribution in [2.75, 3.05) is 13.1 Å². The molecule has 0 saturated heterocycles. The van der Waals surface area contributed by atoms with Crippen molar-refractivity contribution in [3.05, 3.63) is 95.6 Å². The molecule has 1 N–H and O–H groups in total. The molecule has 3 aromatic carbocycles. The van der Waals surface area contributed by atoms with Gasteiger partial charge in [0.2, 0.25) is 0 Å². The van der Waals surface area contributed by atoms with E-state index >= 15 is 0 Å². The zero-order chi connectivity index (χ0) is 21.5. The number of hydrogen-bond acceptors (Lipinski definition) is 3. The molecular formula is C26H28ClNO2. The van der Waals surface area contributed by atoms with Gasteiger partial charge in [-0.25, -0.2) is 0 Å². The van der Waals surface area contributed by atoms with Gasteiger partial charge in [-0.1, -0.05) is 80.0 Å². The van der Waals surface area contributed by atoms with Gasteiger partial charge >= 0.3 is 0 Å². The Balaban J connectivity index is 1.97. The molecule has 3 aromatic rings. The van der Waals surface area contributed by atoms with E-state index in [2.05, 4.69) is 25.7 Å². The van der Waals surface area contributed by atoms with Crippen LogP contribution in [0, 0.1) is 0 Å². The van der Waals surface area contributed by atoms with E-state index < -0.39 is 0 Å². The number of aromatic hydroxyl groups is 1. The van der Waals surface area contributed by atoms with Gasteiger partial charge in [0, 0.05) is 5.57 Å². The minimum Gasteiger partial charge on any atom is -0.508 e. The second kappa shape index (κ2) is 10.3.